The minimum absolute atomic E-state index is 0.0876. The normalized spacial score (nSPS) is 19.2. The van der Waals surface area contributed by atoms with Gasteiger partial charge in [-0.05, 0) is 12.8 Å². The number of carbonyl (C=O) groups excluding carboxylic acids is 1. The summed E-state index contributed by atoms with van der Waals surface area (Å²) in [6.07, 6.45) is 6.60. The summed E-state index contributed by atoms with van der Waals surface area (Å²) in [6, 6.07) is 0. The van der Waals surface area contributed by atoms with E-state index in [0.29, 0.717) is 12.4 Å². The topological polar surface area (TPSA) is 94.0 Å². The van der Waals surface area contributed by atoms with Crippen LogP contribution in [0.3, 0.4) is 0 Å². The van der Waals surface area contributed by atoms with Gasteiger partial charge in [0.2, 0.25) is 5.89 Å². The molecule has 1 aliphatic carbocycles. The molecule has 0 aromatic carbocycles. The zero-order chi connectivity index (χ0) is 13.0. The lowest BCUT2D eigenvalue weighted by molar-refractivity contribution is 0.0950. The van der Waals surface area contributed by atoms with Crippen molar-refractivity contribution in [1.82, 2.24) is 15.5 Å². The molecular weight excluding hydrogens is 232 g/mol. The van der Waals surface area contributed by atoms with Crippen LogP contribution in [0.1, 0.15) is 55.0 Å². The van der Waals surface area contributed by atoms with Gasteiger partial charge in [0, 0.05) is 13.6 Å². The van der Waals surface area contributed by atoms with Gasteiger partial charge in [0.15, 0.2) is 0 Å². The maximum atomic E-state index is 11.4. The first kappa shape index (κ1) is 13.0. The minimum atomic E-state index is -0.328. The van der Waals surface area contributed by atoms with Gasteiger partial charge in [0.05, 0.1) is 5.41 Å². The monoisotopic (exact) mass is 252 g/mol. The van der Waals surface area contributed by atoms with Gasteiger partial charge < -0.3 is 15.6 Å². The van der Waals surface area contributed by atoms with E-state index >= 15 is 0 Å². The van der Waals surface area contributed by atoms with E-state index in [-0.39, 0.29) is 17.1 Å². The molecule has 1 fully saturated rings. The van der Waals surface area contributed by atoms with Crippen LogP contribution in [0.2, 0.25) is 0 Å². The molecule has 0 bridgehead atoms. The molecule has 2 rings (SSSR count). The molecule has 100 valence electrons. The van der Waals surface area contributed by atoms with E-state index in [1.54, 1.807) is 7.05 Å². The van der Waals surface area contributed by atoms with E-state index in [2.05, 4.69) is 15.5 Å². The summed E-state index contributed by atoms with van der Waals surface area (Å²) >= 11 is 0. The molecule has 3 N–H and O–H groups in total. The second-order valence-corrected chi connectivity index (χ2v) is 4.90. The highest BCUT2D eigenvalue weighted by molar-refractivity contribution is 5.89. The van der Waals surface area contributed by atoms with Crippen LogP contribution in [-0.4, -0.2) is 29.6 Å². The first-order chi connectivity index (χ1) is 8.72. The highest BCUT2D eigenvalue weighted by atomic mass is 16.5. The number of rotatable bonds is 3. The van der Waals surface area contributed by atoms with Gasteiger partial charge >= 0.3 is 0 Å². The fourth-order valence-electron chi connectivity index (χ4n) is 2.55. The van der Waals surface area contributed by atoms with Gasteiger partial charge in [-0.25, -0.2) is 0 Å². The zero-order valence-corrected chi connectivity index (χ0v) is 10.7. The van der Waals surface area contributed by atoms with Crippen molar-refractivity contribution in [2.75, 3.05) is 13.6 Å². The molecule has 0 aliphatic heterocycles. The maximum absolute atomic E-state index is 11.4. The van der Waals surface area contributed by atoms with Crippen molar-refractivity contribution >= 4 is 5.91 Å². The van der Waals surface area contributed by atoms with Crippen LogP contribution in [0.15, 0.2) is 4.52 Å². The SMILES string of the molecule is CNC(=O)c1noc(C2(CN)CCCCCC2)n1. The third-order valence-electron chi connectivity index (χ3n) is 3.76. The lowest BCUT2D eigenvalue weighted by atomic mass is 9.80. The Hall–Kier alpha value is -1.43. The van der Waals surface area contributed by atoms with Gasteiger partial charge in [-0.1, -0.05) is 30.8 Å². The molecule has 0 spiro atoms. The third-order valence-corrected chi connectivity index (χ3v) is 3.76. The van der Waals surface area contributed by atoms with E-state index in [1.807, 2.05) is 0 Å². The molecule has 1 saturated carbocycles. The molecule has 0 radical (unpaired) electrons. The van der Waals surface area contributed by atoms with Crippen LogP contribution < -0.4 is 11.1 Å². The predicted molar refractivity (Wildman–Crippen MR) is 66.1 cm³/mol. The van der Waals surface area contributed by atoms with Gasteiger partial charge in [-0.2, -0.15) is 4.98 Å². The summed E-state index contributed by atoms with van der Waals surface area (Å²) < 4.78 is 5.27. The quantitative estimate of drug-likeness (QED) is 0.782. The van der Waals surface area contributed by atoms with Crippen molar-refractivity contribution in [1.29, 1.82) is 0 Å². The smallest absolute Gasteiger partial charge is 0.292 e. The molecule has 0 unspecified atom stereocenters. The molecule has 18 heavy (non-hydrogen) atoms. The molecular formula is C12H20N4O2. The van der Waals surface area contributed by atoms with Crippen molar-refractivity contribution in [2.24, 2.45) is 5.73 Å². The summed E-state index contributed by atoms with van der Waals surface area (Å²) in [6.45, 7) is 0.488. The van der Waals surface area contributed by atoms with E-state index in [9.17, 15) is 4.79 Å². The van der Waals surface area contributed by atoms with Crippen LogP contribution in [-0.2, 0) is 5.41 Å². The number of hydrogen-bond acceptors (Lipinski definition) is 5. The van der Waals surface area contributed by atoms with Gasteiger partial charge in [0.1, 0.15) is 0 Å². The molecule has 1 aromatic rings. The first-order valence-electron chi connectivity index (χ1n) is 6.48. The first-order valence-corrected chi connectivity index (χ1v) is 6.48. The minimum Gasteiger partial charge on any atom is -0.352 e. The summed E-state index contributed by atoms with van der Waals surface area (Å²) in [7, 11) is 1.54. The van der Waals surface area contributed by atoms with Crippen molar-refractivity contribution in [3.05, 3.63) is 11.7 Å². The second-order valence-electron chi connectivity index (χ2n) is 4.90. The fourth-order valence-corrected chi connectivity index (χ4v) is 2.55. The van der Waals surface area contributed by atoms with Gasteiger partial charge in [-0.15, -0.1) is 0 Å². The van der Waals surface area contributed by atoms with E-state index in [4.69, 9.17) is 10.3 Å². The van der Waals surface area contributed by atoms with E-state index in [1.165, 1.54) is 12.8 Å². The summed E-state index contributed by atoms with van der Waals surface area (Å²) in [5.74, 6) is 0.279. The van der Waals surface area contributed by atoms with Crippen molar-refractivity contribution in [2.45, 2.75) is 43.9 Å². The number of nitrogens with one attached hydrogen (secondary N) is 1. The number of aromatic nitrogens is 2. The van der Waals surface area contributed by atoms with E-state index < -0.39 is 0 Å². The molecule has 1 amide bonds. The van der Waals surface area contributed by atoms with Crippen LogP contribution in [0.5, 0.6) is 0 Å². The Bertz CT molecular complexity index is 408. The Kier molecular flexibility index (Phi) is 3.96. The largest absolute Gasteiger partial charge is 0.352 e. The Labute approximate surface area is 106 Å². The number of carbonyl (C=O) groups is 1. The highest BCUT2D eigenvalue weighted by Crippen LogP contribution is 2.36. The summed E-state index contributed by atoms with van der Waals surface area (Å²) in [5, 5.41) is 6.22. The third kappa shape index (κ3) is 2.38. The average Bonchev–Trinajstić information content (AvgIpc) is 2.78. The Balaban J connectivity index is 2.26. The van der Waals surface area contributed by atoms with Gasteiger partial charge in [0.25, 0.3) is 11.7 Å². The molecule has 6 heteroatoms. The highest BCUT2D eigenvalue weighted by Gasteiger charge is 2.37. The molecule has 0 atom stereocenters. The van der Waals surface area contributed by atoms with Gasteiger partial charge in [-0.3, -0.25) is 4.79 Å². The number of amides is 1. The summed E-state index contributed by atoms with van der Waals surface area (Å²) in [5.41, 5.74) is 5.69. The standard InChI is InChI=1S/C12H20N4O2/c1-14-10(17)9-15-11(18-16-9)12(8-13)6-4-2-3-5-7-12/h2-8,13H2,1H3,(H,14,17). The lowest BCUT2D eigenvalue weighted by Gasteiger charge is -2.26. The van der Waals surface area contributed by atoms with Crippen molar-refractivity contribution in [3.8, 4) is 0 Å². The maximum Gasteiger partial charge on any atom is 0.292 e. The van der Waals surface area contributed by atoms with Crippen molar-refractivity contribution < 1.29 is 9.32 Å². The molecule has 0 saturated heterocycles. The number of nitrogens with zero attached hydrogens (tertiary/aromatic N) is 2. The Morgan fingerprint density at radius 3 is 2.61 bits per heavy atom. The van der Waals surface area contributed by atoms with E-state index in [0.717, 1.165) is 25.7 Å². The van der Waals surface area contributed by atoms with Crippen molar-refractivity contribution in [3.63, 3.8) is 0 Å². The lowest BCUT2D eigenvalue weighted by Crippen LogP contribution is -2.35. The number of nitrogens with two attached hydrogens (primary N) is 1. The zero-order valence-electron chi connectivity index (χ0n) is 10.7. The summed E-state index contributed by atoms with van der Waals surface area (Å²) in [4.78, 5) is 15.7. The Morgan fingerprint density at radius 2 is 2.06 bits per heavy atom. The predicted octanol–water partition coefficient (Wildman–Crippen LogP) is 0.980. The molecule has 1 heterocycles. The van der Waals surface area contributed by atoms with Crippen LogP contribution in [0.4, 0.5) is 0 Å². The Morgan fingerprint density at radius 1 is 1.39 bits per heavy atom. The number of hydrogen-bond donors (Lipinski definition) is 2. The van der Waals surface area contributed by atoms with Crippen LogP contribution in [0, 0.1) is 0 Å². The molecule has 6 nitrogen and oxygen atoms in total. The van der Waals surface area contributed by atoms with Crippen LogP contribution in [0.25, 0.3) is 0 Å². The fraction of sp³-hybridized carbons (Fsp3) is 0.750. The molecule has 1 aliphatic rings. The second kappa shape index (κ2) is 5.48. The molecule has 1 aromatic heterocycles. The van der Waals surface area contributed by atoms with Crippen LogP contribution >= 0.6 is 0 Å². The average molecular weight is 252 g/mol.